The largest absolute Gasteiger partial charge is 0.384 e. The molecule has 0 heterocycles. The molecule has 0 rings (SSSR count). The van der Waals surface area contributed by atoms with E-state index in [1.165, 1.54) is 12.8 Å². The summed E-state index contributed by atoms with van der Waals surface area (Å²) in [5, 5.41) is 3.00. The lowest BCUT2D eigenvalue weighted by Crippen LogP contribution is -2.41. The van der Waals surface area contributed by atoms with Crippen molar-refractivity contribution in [1.82, 2.24) is 10.2 Å². The Balaban J connectivity index is 3.81. The fourth-order valence-electron chi connectivity index (χ4n) is 1.98. The summed E-state index contributed by atoms with van der Waals surface area (Å²) in [5.41, 5.74) is -0.443. The topological polar surface area (TPSA) is 41.6 Å². The van der Waals surface area contributed by atoms with Gasteiger partial charge in [0.05, 0.1) is 12.0 Å². The lowest BCUT2D eigenvalue weighted by Gasteiger charge is -2.23. The molecule has 0 atom stereocenters. The standard InChI is InChI=1S/C15H32N2O2/c1-6-8-11-17(7-2)12-9-10-16-14(18)15(3,4)13-19-5/h6-13H2,1-5H3,(H,16,18). The molecule has 0 aliphatic heterocycles. The zero-order valence-corrected chi connectivity index (χ0v) is 13.4. The number of hydrogen-bond donors (Lipinski definition) is 1. The number of unbranched alkanes of at least 4 members (excludes halogenated alkanes) is 1. The molecule has 0 bridgehead atoms. The van der Waals surface area contributed by atoms with E-state index in [1.54, 1.807) is 7.11 Å². The van der Waals surface area contributed by atoms with Crippen LogP contribution in [0.4, 0.5) is 0 Å². The molecule has 0 radical (unpaired) electrons. The third kappa shape index (κ3) is 8.22. The van der Waals surface area contributed by atoms with E-state index in [2.05, 4.69) is 24.1 Å². The Morgan fingerprint density at radius 1 is 1.21 bits per heavy atom. The molecule has 0 aromatic rings. The number of rotatable bonds is 11. The summed E-state index contributed by atoms with van der Waals surface area (Å²) >= 11 is 0. The van der Waals surface area contributed by atoms with Gasteiger partial charge in [0.2, 0.25) is 5.91 Å². The highest BCUT2D eigenvalue weighted by atomic mass is 16.5. The number of nitrogens with zero attached hydrogens (tertiary/aromatic N) is 1. The Bertz CT molecular complexity index is 242. The number of hydrogen-bond acceptors (Lipinski definition) is 3. The average Bonchev–Trinajstić information content (AvgIpc) is 2.37. The molecule has 4 heteroatoms. The summed E-state index contributed by atoms with van der Waals surface area (Å²) in [6.07, 6.45) is 3.49. The van der Waals surface area contributed by atoms with E-state index in [4.69, 9.17) is 4.74 Å². The van der Waals surface area contributed by atoms with E-state index in [9.17, 15) is 4.79 Å². The maximum Gasteiger partial charge on any atom is 0.227 e. The Labute approximate surface area is 118 Å². The van der Waals surface area contributed by atoms with E-state index >= 15 is 0 Å². The van der Waals surface area contributed by atoms with Crippen molar-refractivity contribution < 1.29 is 9.53 Å². The van der Waals surface area contributed by atoms with Gasteiger partial charge in [0.1, 0.15) is 0 Å². The minimum atomic E-state index is -0.443. The van der Waals surface area contributed by atoms with Crippen molar-refractivity contribution in [2.75, 3.05) is 39.9 Å². The summed E-state index contributed by atoms with van der Waals surface area (Å²) < 4.78 is 5.06. The van der Waals surface area contributed by atoms with Gasteiger partial charge in [-0.2, -0.15) is 0 Å². The zero-order valence-electron chi connectivity index (χ0n) is 13.4. The average molecular weight is 272 g/mol. The first-order chi connectivity index (χ1) is 8.97. The maximum absolute atomic E-state index is 11.9. The second-order valence-corrected chi connectivity index (χ2v) is 5.71. The molecular formula is C15H32N2O2. The predicted octanol–water partition coefficient (Wildman–Crippen LogP) is 2.29. The van der Waals surface area contributed by atoms with Crippen LogP contribution in [0.3, 0.4) is 0 Å². The van der Waals surface area contributed by atoms with Gasteiger partial charge in [0.15, 0.2) is 0 Å². The summed E-state index contributed by atoms with van der Waals surface area (Å²) in [5.74, 6) is 0.0750. The lowest BCUT2D eigenvalue weighted by atomic mass is 9.93. The second kappa shape index (κ2) is 10.2. The van der Waals surface area contributed by atoms with Crippen molar-refractivity contribution in [3.8, 4) is 0 Å². The lowest BCUT2D eigenvalue weighted by molar-refractivity contribution is -0.131. The molecular weight excluding hydrogens is 240 g/mol. The number of ether oxygens (including phenoxy) is 1. The molecule has 0 spiro atoms. The van der Waals surface area contributed by atoms with Crippen molar-refractivity contribution in [3.63, 3.8) is 0 Å². The van der Waals surface area contributed by atoms with Crippen LogP contribution in [0.25, 0.3) is 0 Å². The Morgan fingerprint density at radius 3 is 2.37 bits per heavy atom. The van der Waals surface area contributed by atoms with Gasteiger partial charge < -0.3 is 15.0 Å². The van der Waals surface area contributed by atoms with Crippen LogP contribution in [0.2, 0.25) is 0 Å². The quantitative estimate of drug-likeness (QED) is 0.587. The molecule has 0 aliphatic rings. The van der Waals surface area contributed by atoms with Crippen LogP contribution in [0.1, 0.15) is 47.0 Å². The van der Waals surface area contributed by atoms with Gasteiger partial charge >= 0.3 is 0 Å². The molecule has 0 saturated carbocycles. The van der Waals surface area contributed by atoms with Crippen molar-refractivity contribution in [3.05, 3.63) is 0 Å². The summed E-state index contributed by atoms with van der Waals surface area (Å²) in [6.45, 7) is 12.7. The Morgan fingerprint density at radius 2 is 1.84 bits per heavy atom. The van der Waals surface area contributed by atoms with Gasteiger partial charge in [-0.1, -0.05) is 20.3 Å². The van der Waals surface area contributed by atoms with Gasteiger partial charge in [-0.25, -0.2) is 0 Å². The first kappa shape index (κ1) is 18.4. The van der Waals surface area contributed by atoms with Crippen LogP contribution in [0.5, 0.6) is 0 Å². The highest BCUT2D eigenvalue weighted by Crippen LogP contribution is 2.14. The molecule has 4 nitrogen and oxygen atoms in total. The van der Waals surface area contributed by atoms with E-state index in [0.29, 0.717) is 6.61 Å². The molecule has 0 fully saturated rings. The number of methoxy groups -OCH3 is 1. The number of amides is 1. The van der Waals surface area contributed by atoms with Crippen LogP contribution in [-0.4, -0.2) is 50.7 Å². The van der Waals surface area contributed by atoms with Crippen molar-refractivity contribution in [2.24, 2.45) is 5.41 Å². The maximum atomic E-state index is 11.9. The SMILES string of the molecule is CCCCN(CC)CCCNC(=O)C(C)(C)COC. The Kier molecular flexibility index (Phi) is 9.88. The van der Waals surface area contributed by atoms with E-state index in [-0.39, 0.29) is 5.91 Å². The second-order valence-electron chi connectivity index (χ2n) is 5.71. The van der Waals surface area contributed by atoms with E-state index in [0.717, 1.165) is 32.6 Å². The molecule has 114 valence electrons. The van der Waals surface area contributed by atoms with Crippen LogP contribution in [0.15, 0.2) is 0 Å². The summed E-state index contributed by atoms with van der Waals surface area (Å²) in [6, 6.07) is 0. The molecule has 0 aromatic heterocycles. The van der Waals surface area contributed by atoms with Crippen molar-refractivity contribution >= 4 is 5.91 Å². The fraction of sp³-hybridized carbons (Fsp3) is 0.933. The first-order valence-electron chi connectivity index (χ1n) is 7.47. The predicted molar refractivity (Wildman–Crippen MR) is 80.3 cm³/mol. The summed E-state index contributed by atoms with van der Waals surface area (Å²) in [7, 11) is 1.63. The normalized spacial score (nSPS) is 11.9. The molecule has 1 N–H and O–H groups in total. The summed E-state index contributed by atoms with van der Waals surface area (Å²) in [4.78, 5) is 14.4. The van der Waals surface area contributed by atoms with Gasteiger partial charge in [-0.15, -0.1) is 0 Å². The third-order valence-electron chi connectivity index (χ3n) is 3.33. The molecule has 0 aromatic carbocycles. The van der Waals surface area contributed by atoms with Crippen LogP contribution in [0, 0.1) is 5.41 Å². The van der Waals surface area contributed by atoms with E-state index in [1.807, 2.05) is 13.8 Å². The van der Waals surface area contributed by atoms with Crippen molar-refractivity contribution in [1.29, 1.82) is 0 Å². The highest BCUT2D eigenvalue weighted by Gasteiger charge is 2.26. The number of nitrogens with one attached hydrogen (secondary N) is 1. The molecule has 1 amide bonds. The molecule has 19 heavy (non-hydrogen) atoms. The van der Waals surface area contributed by atoms with Crippen molar-refractivity contribution in [2.45, 2.75) is 47.0 Å². The van der Waals surface area contributed by atoms with Crippen LogP contribution in [-0.2, 0) is 9.53 Å². The van der Waals surface area contributed by atoms with Gasteiger partial charge in [-0.05, 0) is 46.3 Å². The van der Waals surface area contributed by atoms with Crippen LogP contribution < -0.4 is 5.32 Å². The number of carbonyl (C=O) groups excluding carboxylic acids is 1. The first-order valence-corrected chi connectivity index (χ1v) is 7.47. The highest BCUT2D eigenvalue weighted by molar-refractivity contribution is 5.81. The molecule has 0 aliphatic carbocycles. The monoisotopic (exact) mass is 272 g/mol. The Hall–Kier alpha value is -0.610. The van der Waals surface area contributed by atoms with Gasteiger partial charge in [-0.3, -0.25) is 4.79 Å². The smallest absolute Gasteiger partial charge is 0.227 e. The molecule has 0 saturated heterocycles. The number of carbonyl (C=O) groups is 1. The minimum Gasteiger partial charge on any atom is -0.384 e. The zero-order chi connectivity index (χ0) is 14.7. The third-order valence-corrected chi connectivity index (χ3v) is 3.33. The van der Waals surface area contributed by atoms with E-state index < -0.39 is 5.41 Å². The van der Waals surface area contributed by atoms with Gasteiger partial charge in [0, 0.05) is 13.7 Å². The van der Waals surface area contributed by atoms with Gasteiger partial charge in [0.25, 0.3) is 0 Å². The minimum absolute atomic E-state index is 0.0750. The van der Waals surface area contributed by atoms with Crippen LogP contribution >= 0.6 is 0 Å². The molecule has 0 unspecified atom stereocenters. The fourth-order valence-corrected chi connectivity index (χ4v) is 1.98.